The Balaban J connectivity index is 1.49. The molecule has 3 aromatic rings. The van der Waals surface area contributed by atoms with E-state index in [0.29, 0.717) is 24.3 Å². The SMILES string of the molecule is COC(=O)c1ccc(-c2noc(C3CCCCN3C(=O)COc3ccccc3)n2)cc1F. The number of esters is 1. The third-order valence-electron chi connectivity index (χ3n) is 5.29. The Morgan fingerprint density at radius 2 is 2.00 bits per heavy atom. The van der Waals surface area contributed by atoms with E-state index in [1.807, 2.05) is 18.2 Å². The lowest BCUT2D eigenvalue weighted by Gasteiger charge is -2.33. The first-order valence-corrected chi connectivity index (χ1v) is 10.3. The molecule has 8 nitrogen and oxygen atoms in total. The second-order valence-corrected chi connectivity index (χ2v) is 7.34. The van der Waals surface area contributed by atoms with Gasteiger partial charge in [-0.25, -0.2) is 9.18 Å². The lowest BCUT2D eigenvalue weighted by atomic mass is 10.0. The molecule has 1 unspecified atom stereocenters. The predicted molar refractivity (Wildman–Crippen MR) is 111 cm³/mol. The maximum absolute atomic E-state index is 14.3. The number of amides is 1. The number of hydrogen-bond acceptors (Lipinski definition) is 7. The zero-order valence-electron chi connectivity index (χ0n) is 17.5. The molecule has 2 heterocycles. The van der Waals surface area contributed by atoms with Gasteiger partial charge in [0, 0.05) is 12.1 Å². The van der Waals surface area contributed by atoms with E-state index in [2.05, 4.69) is 14.9 Å². The molecule has 0 saturated carbocycles. The van der Waals surface area contributed by atoms with Crippen molar-refractivity contribution in [3.05, 3.63) is 65.8 Å². The highest BCUT2D eigenvalue weighted by Gasteiger charge is 2.32. The Morgan fingerprint density at radius 3 is 2.75 bits per heavy atom. The quantitative estimate of drug-likeness (QED) is 0.539. The summed E-state index contributed by atoms with van der Waals surface area (Å²) in [4.78, 5) is 30.5. The molecule has 1 amide bonds. The van der Waals surface area contributed by atoms with Gasteiger partial charge in [-0.1, -0.05) is 23.4 Å². The number of halogens is 1. The molecule has 1 atom stereocenters. The molecule has 0 N–H and O–H groups in total. The minimum Gasteiger partial charge on any atom is -0.484 e. The zero-order valence-corrected chi connectivity index (χ0v) is 17.5. The van der Waals surface area contributed by atoms with Crippen LogP contribution in [0.4, 0.5) is 4.39 Å². The summed E-state index contributed by atoms with van der Waals surface area (Å²) in [5.41, 5.74) is 0.175. The topological polar surface area (TPSA) is 94.8 Å². The summed E-state index contributed by atoms with van der Waals surface area (Å²) >= 11 is 0. The highest BCUT2D eigenvalue weighted by molar-refractivity contribution is 5.90. The van der Waals surface area contributed by atoms with Gasteiger partial charge in [0.2, 0.25) is 11.7 Å². The number of hydrogen-bond donors (Lipinski definition) is 0. The molecule has 0 aliphatic carbocycles. The third kappa shape index (κ3) is 4.61. The third-order valence-corrected chi connectivity index (χ3v) is 5.29. The second-order valence-electron chi connectivity index (χ2n) is 7.34. The molecule has 32 heavy (non-hydrogen) atoms. The van der Waals surface area contributed by atoms with E-state index in [-0.39, 0.29) is 35.8 Å². The molecule has 2 aromatic carbocycles. The Labute approximate surface area is 183 Å². The molecule has 166 valence electrons. The van der Waals surface area contributed by atoms with Crippen molar-refractivity contribution in [1.82, 2.24) is 15.0 Å². The van der Waals surface area contributed by atoms with Gasteiger partial charge in [0.15, 0.2) is 6.61 Å². The Hall–Kier alpha value is -3.75. The standard InChI is InChI=1S/C23H22FN3O5/c1-30-23(29)17-11-10-15(13-18(17)24)21-25-22(32-26-21)19-9-5-6-12-27(19)20(28)14-31-16-7-3-2-4-8-16/h2-4,7-8,10-11,13,19H,5-6,9,12,14H2,1H3. The maximum atomic E-state index is 14.3. The van der Waals surface area contributed by atoms with Crippen molar-refractivity contribution in [3.8, 4) is 17.1 Å². The lowest BCUT2D eigenvalue weighted by Crippen LogP contribution is -2.41. The predicted octanol–water partition coefficient (Wildman–Crippen LogP) is 3.79. The van der Waals surface area contributed by atoms with Crippen molar-refractivity contribution in [3.63, 3.8) is 0 Å². The van der Waals surface area contributed by atoms with Crippen LogP contribution in [-0.2, 0) is 9.53 Å². The fourth-order valence-corrected chi connectivity index (χ4v) is 3.65. The summed E-state index contributed by atoms with van der Waals surface area (Å²) in [5.74, 6) is -0.608. The lowest BCUT2D eigenvalue weighted by molar-refractivity contribution is -0.138. The van der Waals surface area contributed by atoms with Crippen molar-refractivity contribution in [2.75, 3.05) is 20.3 Å². The number of methoxy groups -OCH3 is 1. The first-order valence-electron chi connectivity index (χ1n) is 10.3. The molecule has 1 fully saturated rings. The van der Waals surface area contributed by atoms with Crippen LogP contribution in [0.5, 0.6) is 5.75 Å². The fraction of sp³-hybridized carbons (Fsp3) is 0.304. The number of likely N-dealkylation sites (tertiary alicyclic amines) is 1. The van der Waals surface area contributed by atoms with Crippen molar-refractivity contribution < 1.29 is 28.0 Å². The summed E-state index contributed by atoms with van der Waals surface area (Å²) in [6.07, 6.45) is 2.46. The van der Waals surface area contributed by atoms with Crippen LogP contribution in [0.3, 0.4) is 0 Å². The van der Waals surface area contributed by atoms with E-state index in [0.717, 1.165) is 18.9 Å². The Kier molecular flexibility index (Phi) is 6.44. The molecular weight excluding hydrogens is 417 g/mol. The number of carbonyl (C=O) groups excluding carboxylic acids is 2. The highest BCUT2D eigenvalue weighted by atomic mass is 19.1. The summed E-state index contributed by atoms with van der Waals surface area (Å²) < 4.78 is 29.9. The molecule has 9 heteroatoms. The molecule has 1 aliphatic heterocycles. The van der Waals surface area contributed by atoms with E-state index in [1.54, 1.807) is 17.0 Å². The maximum Gasteiger partial charge on any atom is 0.340 e. The van der Waals surface area contributed by atoms with Crippen LogP contribution in [0.1, 0.15) is 41.6 Å². The van der Waals surface area contributed by atoms with Gasteiger partial charge < -0.3 is 18.9 Å². The van der Waals surface area contributed by atoms with Crippen molar-refractivity contribution in [2.24, 2.45) is 0 Å². The van der Waals surface area contributed by atoms with Crippen LogP contribution in [0.15, 0.2) is 53.1 Å². The van der Waals surface area contributed by atoms with E-state index >= 15 is 0 Å². The Morgan fingerprint density at radius 1 is 1.19 bits per heavy atom. The normalized spacial score (nSPS) is 15.9. The number of para-hydroxylation sites is 1. The van der Waals surface area contributed by atoms with Crippen LogP contribution >= 0.6 is 0 Å². The summed E-state index contributed by atoms with van der Waals surface area (Å²) in [7, 11) is 1.18. The average molecular weight is 439 g/mol. The van der Waals surface area contributed by atoms with Gasteiger partial charge >= 0.3 is 5.97 Å². The van der Waals surface area contributed by atoms with Gasteiger partial charge in [-0.05, 0) is 49.6 Å². The van der Waals surface area contributed by atoms with Gasteiger partial charge in [-0.3, -0.25) is 4.79 Å². The number of benzene rings is 2. The molecule has 1 saturated heterocycles. The van der Waals surface area contributed by atoms with E-state index in [9.17, 15) is 14.0 Å². The van der Waals surface area contributed by atoms with Gasteiger partial charge in [0.1, 0.15) is 17.6 Å². The summed E-state index contributed by atoms with van der Waals surface area (Å²) in [6.45, 7) is 0.462. The first-order chi connectivity index (χ1) is 15.6. The molecule has 4 rings (SSSR count). The number of nitrogens with zero attached hydrogens (tertiary/aromatic N) is 3. The van der Waals surface area contributed by atoms with Gasteiger partial charge in [-0.2, -0.15) is 4.98 Å². The minimum absolute atomic E-state index is 0.0955. The van der Waals surface area contributed by atoms with Gasteiger partial charge in [0.25, 0.3) is 5.91 Å². The van der Waals surface area contributed by atoms with Crippen molar-refractivity contribution in [2.45, 2.75) is 25.3 Å². The van der Waals surface area contributed by atoms with Crippen LogP contribution in [-0.4, -0.2) is 47.2 Å². The molecular formula is C23H22FN3O5. The molecule has 0 spiro atoms. The highest BCUT2D eigenvalue weighted by Crippen LogP contribution is 2.31. The number of carbonyl (C=O) groups is 2. The smallest absolute Gasteiger partial charge is 0.340 e. The number of aromatic nitrogens is 2. The van der Waals surface area contributed by atoms with Crippen molar-refractivity contribution >= 4 is 11.9 Å². The largest absolute Gasteiger partial charge is 0.484 e. The van der Waals surface area contributed by atoms with E-state index in [4.69, 9.17) is 9.26 Å². The van der Waals surface area contributed by atoms with E-state index < -0.39 is 11.8 Å². The fourth-order valence-electron chi connectivity index (χ4n) is 3.65. The zero-order chi connectivity index (χ0) is 22.5. The van der Waals surface area contributed by atoms with Crippen LogP contribution in [0, 0.1) is 5.82 Å². The number of piperidine rings is 1. The van der Waals surface area contributed by atoms with Crippen LogP contribution in [0.25, 0.3) is 11.4 Å². The van der Waals surface area contributed by atoms with Gasteiger partial charge in [-0.15, -0.1) is 0 Å². The monoisotopic (exact) mass is 439 g/mol. The summed E-state index contributed by atoms with van der Waals surface area (Å²) in [5, 5.41) is 3.95. The van der Waals surface area contributed by atoms with E-state index in [1.165, 1.54) is 19.2 Å². The number of ether oxygens (including phenoxy) is 2. The number of rotatable bonds is 6. The molecule has 1 aliphatic rings. The van der Waals surface area contributed by atoms with Crippen LogP contribution in [0.2, 0.25) is 0 Å². The molecule has 0 radical (unpaired) electrons. The average Bonchev–Trinajstić information content (AvgIpc) is 3.33. The summed E-state index contributed by atoms with van der Waals surface area (Å²) in [6, 6.07) is 12.7. The van der Waals surface area contributed by atoms with Crippen molar-refractivity contribution in [1.29, 1.82) is 0 Å². The Bertz CT molecular complexity index is 1100. The second kappa shape index (κ2) is 9.59. The minimum atomic E-state index is -0.767. The molecule has 0 bridgehead atoms. The first kappa shape index (κ1) is 21.5. The van der Waals surface area contributed by atoms with Crippen LogP contribution < -0.4 is 4.74 Å². The van der Waals surface area contributed by atoms with Gasteiger partial charge in [0.05, 0.1) is 12.7 Å². The molecule has 1 aromatic heterocycles.